The fourth-order valence-electron chi connectivity index (χ4n) is 15.2. The van der Waals surface area contributed by atoms with Gasteiger partial charge in [0.15, 0.2) is 0 Å². The molecule has 6 nitrogen and oxygen atoms in total. The monoisotopic (exact) mass is 1300 g/mol. The highest BCUT2D eigenvalue weighted by molar-refractivity contribution is 7.27. The minimum absolute atomic E-state index is 0.289. The summed E-state index contributed by atoms with van der Waals surface area (Å²) in [5, 5.41) is 22.9. The molecule has 8 aromatic heterocycles. The van der Waals surface area contributed by atoms with Crippen LogP contribution < -0.4 is 0 Å². The zero-order chi connectivity index (χ0) is 62.4. The number of hydrogen-bond donors (Lipinski definition) is 1. The third-order valence-electron chi connectivity index (χ3n) is 19.1. The van der Waals surface area contributed by atoms with E-state index in [0.29, 0.717) is 0 Å². The maximum Gasteiger partial charge on any atom is 0.236 e. The van der Waals surface area contributed by atoms with Crippen molar-refractivity contribution in [3.05, 3.63) is 289 Å². The fraction of sp³-hybridized carbons (Fsp3) is 0.0238. The van der Waals surface area contributed by atoms with Gasteiger partial charge in [-0.3, -0.25) is 4.57 Å². The highest BCUT2D eigenvalue weighted by Crippen LogP contribution is 2.50. The van der Waals surface area contributed by atoms with Crippen molar-refractivity contribution < 1.29 is 0 Å². The molecule has 0 aliphatic heterocycles. The SMILES string of the molecule is C1=C(c2nc(-n3c4ccccc4c4c5ccccc5c5sc6ccccc6c5c43)nc3sc4ccccc4c23)c2ccccc2CC1.Clc1nc(-c2cccc3ccccc23)c2c(n1)sc1ccccc12.c1ccc2c(c1)[nH]c1c2c2ccccc2c2sc3ccccc3c12. The molecule has 0 bridgehead atoms. The summed E-state index contributed by atoms with van der Waals surface area (Å²) in [5.41, 5.74) is 11.7. The number of rotatable bonds is 3. The van der Waals surface area contributed by atoms with Crippen LogP contribution in [0.25, 0.3) is 180 Å². The van der Waals surface area contributed by atoms with Gasteiger partial charge in [-0.2, -0.15) is 0 Å². The molecule has 0 spiro atoms. The quantitative estimate of drug-likeness (QED) is 0.179. The first-order valence-electron chi connectivity index (χ1n) is 31.8. The van der Waals surface area contributed by atoms with Crippen molar-refractivity contribution in [2.75, 3.05) is 0 Å². The summed E-state index contributed by atoms with van der Waals surface area (Å²) in [6.45, 7) is 0. The Bertz CT molecular complexity index is 6830. The van der Waals surface area contributed by atoms with Crippen LogP contribution in [0.3, 0.4) is 0 Å². The molecule has 446 valence electrons. The number of aryl methyl sites for hydroxylation is 1. The van der Waals surface area contributed by atoms with Crippen molar-refractivity contribution in [2.45, 2.75) is 12.8 Å². The van der Waals surface area contributed by atoms with Gasteiger partial charge in [0, 0.05) is 120 Å². The standard InChI is InChI=1S/C42H25N3S2.C22H13NS.C20H11ClN2S/c1-2-14-25-24(12-1)13-11-20-27(25)38-36-30-18-6-10-23-34(30)47-41(36)44-42(43-38)45-32-21-8-5-17-29(32)35-26-15-3-4-16-28(26)40-37(39(35)45)31-19-7-9-22-33(31)46-40;1-2-8-14-13(7-1)19-15-9-3-5-11-17(15)23-21(19)20-16-10-4-6-12-18(16)24-22(14)20;21-20-22-18(14-10-5-7-12-6-1-2-8-13(12)14)17-15-9-3-4-11-16(15)24-19(17)23-20/h1-10,12,14-23H,11,13H2;1-12,23H;1-11H. The first-order valence-corrected chi connectivity index (χ1v) is 35.5. The summed E-state index contributed by atoms with van der Waals surface area (Å²) in [5.74, 6) is 0.723. The lowest BCUT2D eigenvalue weighted by atomic mass is 9.88. The number of nitrogens with zero attached hydrogens (tertiary/aromatic N) is 5. The molecule has 1 aliphatic carbocycles. The van der Waals surface area contributed by atoms with Crippen LogP contribution in [-0.2, 0) is 6.42 Å². The topological polar surface area (TPSA) is 72.3 Å². The zero-order valence-electron chi connectivity index (χ0n) is 50.6. The molecule has 11 heteroatoms. The van der Waals surface area contributed by atoms with Crippen LogP contribution >= 0.6 is 56.9 Å². The normalized spacial score (nSPS) is 12.7. The van der Waals surface area contributed by atoms with Gasteiger partial charge >= 0.3 is 0 Å². The molecule has 1 N–H and O–H groups in total. The number of aromatic amines is 1. The Hall–Kier alpha value is -10.7. The average molecular weight is 1310 g/mol. The maximum atomic E-state index is 6.24. The van der Waals surface area contributed by atoms with Crippen molar-refractivity contribution in [2.24, 2.45) is 0 Å². The number of hydrogen-bond acceptors (Lipinski definition) is 8. The molecular weight excluding hydrogens is 1260 g/mol. The largest absolute Gasteiger partial charge is 0.354 e. The molecule has 0 unspecified atom stereocenters. The number of allylic oxidation sites excluding steroid dienone is 1. The van der Waals surface area contributed by atoms with Gasteiger partial charge < -0.3 is 4.98 Å². The highest BCUT2D eigenvalue weighted by Gasteiger charge is 2.27. The van der Waals surface area contributed by atoms with Gasteiger partial charge in [0.2, 0.25) is 11.2 Å². The predicted octanol–water partition coefficient (Wildman–Crippen LogP) is 25.0. The van der Waals surface area contributed by atoms with E-state index in [2.05, 4.69) is 280 Å². The Labute approximate surface area is 563 Å². The maximum absolute atomic E-state index is 6.24. The van der Waals surface area contributed by atoms with Crippen LogP contribution in [0.1, 0.15) is 23.2 Å². The van der Waals surface area contributed by atoms with Crippen molar-refractivity contribution in [3.8, 4) is 17.2 Å². The Morgan fingerprint density at radius 1 is 0.358 bits per heavy atom. The molecule has 0 atom stereocenters. The van der Waals surface area contributed by atoms with E-state index in [1.54, 1.807) is 22.7 Å². The Morgan fingerprint density at radius 2 is 0.853 bits per heavy atom. The van der Waals surface area contributed by atoms with Gasteiger partial charge in [0.1, 0.15) is 9.66 Å². The second-order valence-corrected chi connectivity index (χ2v) is 28.8. The molecular formula is C84H49ClN6S4. The first kappa shape index (κ1) is 54.8. The van der Waals surface area contributed by atoms with Gasteiger partial charge in [0.25, 0.3) is 0 Å². The van der Waals surface area contributed by atoms with E-state index in [4.69, 9.17) is 21.6 Å². The van der Waals surface area contributed by atoms with E-state index < -0.39 is 0 Å². The van der Waals surface area contributed by atoms with Crippen LogP contribution in [0.4, 0.5) is 0 Å². The molecule has 1 aliphatic rings. The third-order valence-corrected chi connectivity index (χ3v) is 23.9. The second kappa shape index (κ2) is 21.7. The minimum atomic E-state index is 0.289. The van der Waals surface area contributed by atoms with Crippen LogP contribution in [-0.4, -0.2) is 29.5 Å². The Balaban J connectivity index is 0.000000108. The number of benzene rings is 13. The number of nitrogens with one attached hydrogen (secondary N) is 1. The van der Waals surface area contributed by atoms with Crippen molar-refractivity contribution in [1.82, 2.24) is 29.5 Å². The third kappa shape index (κ3) is 8.45. The van der Waals surface area contributed by atoms with Crippen LogP contribution in [0.15, 0.2) is 267 Å². The zero-order valence-corrected chi connectivity index (χ0v) is 54.6. The number of halogens is 1. The van der Waals surface area contributed by atoms with Crippen LogP contribution in [0.5, 0.6) is 0 Å². The van der Waals surface area contributed by atoms with E-state index >= 15 is 0 Å². The Morgan fingerprint density at radius 3 is 1.56 bits per heavy atom. The van der Waals surface area contributed by atoms with Crippen molar-refractivity contribution in [3.63, 3.8) is 0 Å². The van der Waals surface area contributed by atoms with E-state index in [-0.39, 0.29) is 5.28 Å². The second-order valence-electron chi connectivity index (χ2n) is 24.3. The van der Waals surface area contributed by atoms with E-state index in [9.17, 15) is 0 Å². The number of para-hydroxylation sites is 2. The van der Waals surface area contributed by atoms with Gasteiger partial charge in [0.05, 0.1) is 27.9 Å². The summed E-state index contributed by atoms with van der Waals surface area (Å²) in [4.78, 5) is 25.8. The van der Waals surface area contributed by atoms with Crippen LogP contribution in [0, 0.1) is 0 Å². The molecule has 22 rings (SSSR count). The number of aromatic nitrogens is 6. The smallest absolute Gasteiger partial charge is 0.236 e. The molecule has 0 amide bonds. The summed E-state index contributed by atoms with van der Waals surface area (Å²) in [6.07, 6.45) is 4.44. The number of H-pyrrole nitrogens is 1. The molecule has 0 fully saturated rings. The van der Waals surface area contributed by atoms with Gasteiger partial charge in [-0.15, -0.1) is 45.3 Å². The summed E-state index contributed by atoms with van der Waals surface area (Å²) < 4.78 is 10.1. The molecule has 0 saturated carbocycles. The highest BCUT2D eigenvalue weighted by atomic mass is 35.5. The molecule has 13 aromatic carbocycles. The van der Waals surface area contributed by atoms with Gasteiger partial charge in [-0.1, -0.05) is 231 Å². The average Bonchev–Trinajstić information content (AvgIpc) is 1.54. The number of thiophene rings is 4. The summed E-state index contributed by atoms with van der Waals surface area (Å²) >= 11 is 13.4. The van der Waals surface area contributed by atoms with E-state index in [1.165, 1.54) is 148 Å². The van der Waals surface area contributed by atoms with Crippen molar-refractivity contribution in [1.29, 1.82) is 0 Å². The lowest BCUT2D eigenvalue weighted by Crippen LogP contribution is -2.07. The predicted molar refractivity (Wildman–Crippen MR) is 411 cm³/mol. The van der Waals surface area contributed by atoms with Crippen molar-refractivity contribution >= 4 is 219 Å². The minimum Gasteiger partial charge on any atom is -0.354 e. The molecule has 95 heavy (non-hydrogen) atoms. The molecule has 0 radical (unpaired) electrons. The summed E-state index contributed by atoms with van der Waals surface area (Å²) in [6, 6.07) is 93.2. The fourth-order valence-corrected chi connectivity index (χ4v) is 20.0. The van der Waals surface area contributed by atoms with Crippen LogP contribution in [0.2, 0.25) is 5.28 Å². The van der Waals surface area contributed by atoms with Gasteiger partial charge in [-0.25, -0.2) is 19.9 Å². The molecule has 21 aromatic rings. The number of fused-ring (bicyclic) bond motifs is 28. The van der Waals surface area contributed by atoms with E-state index in [1.807, 2.05) is 28.7 Å². The first-order chi connectivity index (χ1) is 47.1. The van der Waals surface area contributed by atoms with E-state index in [0.717, 1.165) is 61.7 Å². The molecule has 0 saturated heterocycles. The Kier molecular flexibility index (Phi) is 12.5. The molecule has 8 heterocycles. The summed E-state index contributed by atoms with van der Waals surface area (Å²) in [7, 11) is 0. The lowest BCUT2D eigenvalue weighted by molar-refractivity contribution is 0.968. The van der Waals surface area contributed by atoms with Gasteiger partial charge in [-0.05, 0) is 93.5 Å². The lowest BCUT2D eigenvalue weighted by Gasteiger charge is -2.19.